The van der Waals surface area contributed by atoms with Crippen LogP contribution < -0.4 is 5.73 Å². The average molecular weight is 265 g/mol. The minimum Gasteiger partial charge on any atom is -0.479 e. The van der Waals surface area contributed by atoms with Gasteiger partial charge in [0.25, 0.3) is 0 Å². The molecule has 0 aliphatic rings. The molecule has 0 fully saturated rings. The molecule has 2 atom stereocenters. The molecule has 0 aromatic heterocycles. The third-order valence-electron chi connectivity index (χ3n) is 2.28. The summed E-state index contributed by atoms with van der Waals surface area (Å²) in [5, 5.41) is 27.0. The molecule has 0 bridgehead atoms. The Kier molecular flexibility index (Phi) is 3.82. The van der Waals surface area contributed by atoms with Gasteiger partial charge in [-0.2, -0.15) is 13.2 Å². The highest BCUT2D eigenvalue weighted by atomic mass is 19.4. The van der Waals surface area contributed by atoms with E-state index < -0.39 is 35.6 Å². The van der Waals surface area contributed by atoms with Crippen molar-refractivity contribution in [3.05, 3.63) is 29.3 Å². The molecule has 18 heavy (non-hydrogen) atoms. The van der Waals surface area contributed by atoms with Crippen molar-refractivity contribution in [1.82, 2.24) is 0 Å². The number of carbonyl (C=O) groups is 1. The van der Waals surface area contributed by atoms with E-state index in [9.17, 15) is 23.1 Å². The lowest BCUT2D eigenvalue weighted by atomic mass is 10.0. The van der Waals surface area contributed by atoms with Crippen LogP contribution in [-0.2, 0) is 11.0 Å². The summed E-state index contributed by atoms with van der Waals surface area (Å²) in [6.07, 6.45) is -8.66. The summed E-state index contributed by atoms with van der Waals surface area (Å²) in [5.41, 5.74) is 3.54. The molecule has 1 aromatic rings. The summed E-state index contributed by atoms with van der Waals surface area (Å²) in [7, 11) is 0. The number of benzene rings is 1. The first-order valence-electron chi connectivity index (χ1n) is 4.70. The number of nitrogen functional groups attached to an aromatic ring is 1. The second-order valence-corrected chi connectivity index (χ2v) is 3.57. The van der Waals surface area contributed by atoms with Gasteiger partial charge >= 0.3 is 12.1 Å². The number of hydrogen-bond donors (Lipinski definition) is 4. The maximum absolute atomic E-state index is 12.3. The first kappa shape index (κ1) is 14.3. The van der Waals surface area contributed by atoms with E-state index in [2.05, 4.69) is 0 Å². The SMILES string of the molecule is Nc1cc(C(F)(F)F)ccc1C(O)C(O)C(=O)O. The van der Waals surface area contributed by atoms with Crippen LogP contribution in [0.15, 0.2) is 18.2 Å². The molecule has 0 aliphatic heterocycles. The quantitative estimate of drug-likeness (QED) is 0.604. The van der Waals surface area contributed by atoms with Gasteiger partial charge in [0.15, 0.2) is 6.10 Å². The smallest absolute Gasteiger partial charge is 0.416 e. The van der Waals surface area contributed by atoms with Gasteiger partial charge in [0.1, 0.15) is 6.10 Å². The number of carboxylic acid groups (broad SMARTS) is 1. The van der Waals surface area contributed by atoms with E-state index in [-0.39, 0.29) is 5.56 Å². The van der Waals surface area contributed by atoms with Crippen LogP contribution in [0, 0.1) is 0 Å². The van der Waals surface area contributed by atoms with Gasteiger partial charge in [-0.3, -0.25) is 0 Å². The number of rotatable bonds is 3. The zero-order valence-electron chi connectivity index (χ0n) is 8.85. The molecule has 0 saturated heterocycles. The zero-order chi connectivity index (χ0) is 14.1. The lowest BCUT2D eigenvalue weighted by Crippen LogP contribution is -2.28. The maximum atomic E-state index is 12.3. The fourth-order valence-electron chi connectivity index (χ4n) is 1.33. The molecule has 8 heteroatoms. The summed E-state index contributed by atoms with van der Waals surface area (Å²) < 4.78 is 37.0. The lowest BCUT2D eigenvalue weighted by Gasteiger charge is -2.17. The number of aliphatic hydroxyl groups is 2. The Hall–Kier alpha value is -1.80. The number of halogens is 3. The van der Waals surface area contributed by atoms with E-state index in [1.165, 1.54) is 0 Å². The summed E-state index contributed by atoms with van der Waals surface area (Å²) in [5.74, 6) is -1.71. The molecule has 0 amide bonds. The highest BCUT2D eigenvalue weighted by Gasteiger charge is 2.32. The van der Waals surface area contributed by atoms with E-state index in [4.69, 9.17) is 15.9 Å². The Morgan fingerprint density at radius 1 is 1.28 bits per heavy atom. The molecule has 1 rings (SSSR count). The molecule has 0 saturated carbocycles. The van der Waals surface area contributed by atoms with Gasteiger partial charge in [0.05, 0.1) is 5.56 Å². The number of alkyl halides is 3. The first-order chi connectivity index (χ1) is 8.14. The van der Waals surface area contributed by atoms with Crippen LogP contribution in [0.1, 0.15) is 17.2 Å². The molecular formula is C10H10F3NO4. The van der Waals surface area contributed by atoms with Gasteiger partial charge in [-0.15, -0.1) is 0 Å². The lowest BCUT2D eigenvalue weighted by molar-refractivity contribution is -0.153. The zero-order valence-corrected chi connectivity index (χ0v) is 8.85. The minimum atomic E-state index is -4.59. The van der Waals surface area contributed by atoms with Crippen molar-refractivity contribution >= 4 is 11.7 Å². The Morgan fingerprint density at radius 3 is 2.22 bits per heavy atom. The Balaban J connectivity index is 3.10. The van der Waals surface area contributed by atoms with Gasteiger partial charge in [-0.1, -0.05) is 6.07 Å². The molecular weight excluding hydrogens is 255 g/mol. The average Bonchev–Trinajstić information content (AvgIpc) is 2.25. The van der Waals surface area contributed by atoms with Gasteiger partial charge in [-0.25, -0.2) is 4.79 Å². The Bertz CT molecular complexity index is 461. The number of anilines is 1. The Labute approximate surface area is 99.3 Å². The Morgan fingerprint density at radius 2 is 1.83 bits per heavy atom. The monoisotopic (exact) mass is 265 g/mol. The third-order valence-corrected chi connectivity index (χ3v) is 2.28. The fraction of sp³-hybridized carbons (Fsp3) is 0.300. The van der Waals surface area contributed by atoms with Crippen molar-refractivity contribution in [3.63, 3.8) is 0 Å². The van der Waals surface area contributed by atoms with Gasteiger partial charge in [0.2, 0.25) is 0 Å². The highest BCUT2D eigenvalue weighted by molar-refractivity contribution is 5.73. The molecule has 2 unspecified atom stereocenters. The van der Waals surface area contributed by atoms with E-state index >= 15 is 0 Å². The maximum Gasteiger partial charge on any atom is 0.416 e. The predicted molar refractivity (Wildman–Crippen MR) is 54.5 cm³/mol. The molecule has 0 heterocycles. The third kappa shape index (κ3) is 2.90. The molecule has 0 aliphatic carbocycles. The normalized spacial score (nSPS) is 15.2. The largest absolute Gasteiger partial charge is 0.479 e. The summed E-state index contributed by atoms with van der Waals surface area (Å²) in [6, 6.07) is 2.03. The van der Waals surface area contributed by atoms with Crippen molar-refractivity contribution in [1.29, 1.82) is 0 Å². The van der Waals surface area contributed by atoms with Crippen LogP contribution >= 0.6 is 0 Å². The number of aliphatic carboxylic acids is 1. The highest BCUT2D eigenvalue weighted by Crippen LogP contribution is 2.33. The van der Waals surface area contributed by atoms with Crippen molar-refractivity contribution < 1.29 is 33.3 Å². The van der Waals surface area contributed by atoms with Crippen LogP contribution in [0.5, 0.6) is 0 Å². The van der Waals surface area contributed by atoms with Crippen molar-refractivity contribution in [2.24, 2.45) is 0 Å². The van der Waals surface area contributed by atoms with E-state index in [0.717, 1.165) is 6.07 Å². The molecule has 1 aromatic carbocycles. The van der Waals surface area contributed by atoms with Gasteiger partial charge in [0, 0.05) is 11.3 Å². The van der Waals surface area contributed by atoms with E-state index in [1.807, 2.05) is 0 Å². The number of carboxylic acids is 1. The molecule has 5 N–H and O–H groups in total. The van der Waals surface area contributed by atoms with Crippen LogP contribution in [-0.4, -0.2) is 27.4 Å². The number of hydrogen-bond acceptors (Lipinski definition) is 4. The standard InChI is InChI=1S/C10H10F3NO4/c11-10(12,13)4-1-2-5(6(14)3-4)7(15)8(16)9(17)18/h1-3,7-8,15-16H,14H2,(H,17,18). The van der Waals surface area contributed by atoms with Crippen molar-refractivity contribution in [2.45, 2.75) is 18.4 Å². The fourth-order valence-corrected chi connectivity index (χ4v) is 1.33. The molecule has 100 valence electrons. The predicted octanol–water partition coefficient (Wildman–Crippen LogP) is 0.766. The molecule has 0 radical (unpaired) electrons. The molecule has 5 nitrogen and oxygen atoms in total. The van der Waals surface area contributed by atoms with E-state index in [1.54, 1.807) is 0 Å². The van der Waals surface area contributed by atoms with Gasteiger partial charge < -0.3 is 21.1 Å². The topological polar surface area (TPSA) is 104 Å². The summed E-state index contributed by atoms with van der Waals surface area (Å²) in [6.45, 7) is 0. The second-order valence-electron chi connectivity index (χ2n) is 3.57. The second kappa shape index (κ2) is 4.83. The molecule has 0 spiro atoms. The minimum absolute atomic E-state index is 0.280. The van der Waals surface area contributed by atoms with Crippen molar-refractivity contribution in [3.8, 4) is 0 Å². The van der Waals surface area contributed by atoms with Crippen LogP contribution in [0.4, 0.5) is 18.9 Å². The van der Waals surface area contributed by atoms with E-state index in [0.29, 0.717) is 12.1 Å². The van der Waals surface area contributed by atoms with Crippen molar-refractivity contribution in [2.75, 3.05) is 5.73 Å². The number of nitrogens with two attached hydrogens (primary N) is 1. The van der Waals surface area contributed by atoms with Gasteiger partial charge in [-0.05, 0) is 12.1 Å². The number of aliphatic hydroxyl groups excluding tert-OH is 2. The summed E-state index contributed by atoms with van der Waals surface area (Å²) >= 11 is 0. The van der Waals surface area contributed by atoms with Crippen LogP contribution in [0.3, 0.4) is 0 Å². The summed E-state index contributed by atoms with van der Waals surface area (Å²) in [4.78, 5) is 10.4. The first-order valence-corrected chi connectivity index (χ1v) is 4.70. The van der Waals surface area contributed by atoms with Crippen LogP contribution in [0.25, 0.3) is 0 Å². The van der Waals surface area contributed by atoms with Crippen LogP contribution in [0.2, 0.25) is 0 Å².